The number of hydrogen-bond acceptors (Lipinski definition) is 3. The van der Waals surface area contributed by atoms with Crippen LogP contribution in [0.5, 0.6) is 5.75 Å². The molecule has 0 amide bonds. The zero-order valence-electron chi connectivity index (χ0n) is 12.2. The second-order valence-electron chi connectivity index (χ2n) is 5.51. The Morgan fingerprint density at radius 1 is 1.37 bits per heavy atom. The van der Waals surface area contributed by atoms with E-state index in [2.05, 4.69) is 55.2 Å². The molecule has 2 nitrogen and oxygen atoms in total. The van der Waals surface area contributed by atoms with Gasteiger partial charge < -0.3 is 10.1 Å². The van der Waals surface area contributed by atoms with E-state index in [-0.39, 0.29) is 0 Å². The third-order valence-electron chi connectivity index (χ3n) is 3.77. The van der Waals surface area contributed by atoms with Gasteiger partial charge in [0.15, 0.2) is 0 Å². The number of thioether (sulfide) groups is 1. The van der Waals surface area contributed by atoms with Crippen LogP contribution in [0.15, 0.2) is 24.3 Å². The van der Waals surface area contributed by atoms with Gasteiger partial charge in [0.25, 0.3) is 0 Å². The summed E-state index contributed by atoms with van der Waals surface area (Å²) in [6, 6.07) is 8.83. The fraction of sp³-hybridized carbons (Fsp3) is 0.625. The zero-order chi connectivity index (χ0) is 13.7. The first-order chi connectivity index (χ1) is 9.13. The molecular weight excluding hydrogens is 254 g/mol. The summed E-state index contributed by atoms with van der Waals surface area (Å²) in [5.41, 5.74) is 1.33. The molecule has 1 N–H and O–H groups in total. The Morgan fingerprint density at radius 2 is 2.11 bits per heavy atom. The van der Waals surface area contributed by atoms with Crippen molar-refractivity contribution in [1.29, 1.82) is 0 Å². The molecule has 1 heterocycles. The molecule has 19 heavy (non-hydrogen) atoms. The fourth-order valence-corrected chi connectivity index (χ4v) is 3.74. The molecule has 1 aliphatic heterocycles. The second-order valence-corrected chi connectivity index (χ2v) is 7.19. The van der Waals surface area contributed by atoms with Crippen LogP contribution in [0.2, 0.25) is 0 Å². The van der Waals surface area contributed by atoms with E-state index in [1.54, 1.807) is 0 Å². The standard InChI is InChI=1S/C16H25NOS/c1-4-18-15-8-6-14(7-9-15)13(2)17-12-16(3)10-5-11-19-16/h6-9,13,17H,4-5,10-12H2,1-3H3. The molecule has 3 heteroatoms. The summed E-state index contributed by atoms with van der Waals surface area (Å²) in [6.45, 7) is 8.44. The molecule has 0 aliphatic carbocycles. The second kappa shape index (κ2) is 6.67. The van der Waals surface area contributed by atoms with E-state index in [0.717, 1.165) is 18.9 Å². The van der Waals surface area contributed by atoms with Gasteiger partial charge in [-0.15, -0.1) is 0 Å². The predicted octanol–water partition coefficient (Wildman–Crippen LogP) is 4.02. The Hall–Kier alpha value is -0.670. The molecule has 1 saturated heterocycles. The zero-order valence-corrected chi connectivity index (χ0v) is 13.1. The largest absolute Gasteiger partial charge is 0.494 e. The maximum absolute atomic E-state index is 5.47. The number of ether oxygens (including phenoxy) is 1. The van der Waals surface area contributed by atoms with E-state index in [0.29, 0.717) is 10.8 Å². The van der Waals surface area contributed by atoms with Crippen LogP contribution in [0, 0.1) is 0 Å². The third kappa shape index (κ3) is 4.15. The Balaban J connectivity index is 1.86. The molecule has 0 saturated carbocycles. The number of benzene rings is 1. The quantitative estimate of drug-likeness (QED) is 0.849. The lowest BCUT2D eigenvalue weighted by Crippen LogP contribution is -2.34. The van der Waals surface area contributed by atoms with Crippen LogP contribution >= 0.6 is 11.8 Å². The van der Waals surface area contributed by atoms with Crippen LogP contribution in [0.1, 0.15) is 45.2 Å². The van der Waals surface area contributed by atoms with Gasteiger partial charge in [-0.2, -0.15) is 11.8 Å². The summed E-state index contributed by atoms with van der Waals surface area (Å²) >= 11 is 2.11. The first-order valence-corrected chi connectivity index (χ1v) is 8.22. The maximum atomic E-state index is 5.47. The van der Waals surface area contributed by atoms with Gasteiger partial charge in [0.05, 0.1) is 6.61 Å². The average Bonchev–Trinajstić information content (AvgIpc) is 2.85. The summed E-state index contributed by atoms with van der Waals surface area (Å²) in [5, 5.41) is 3.67. The van der Waals surface area contributed by atoms with Crippen LogP contribution in [-0.4, -0.2) is 23.7 Å². The molecule has 0 radical (unpaired) electrons. The molecule has 2 rings (SSSR count). The monoisotopic (exact) mass is 279 g/mol. The minimum atomic E-state index is 0.397. The lowest BCUT2D eigenvalue weighted by Gasteiger charge is -2.26. The molecule has 2 unspecified atom stereocenters. The Labute approximate surface area is 121 Å². The molecule has 0 spiro atoms. The van der Waals surface area contributed by atoms with Crippen molar-refractivity contribution >= 4 is 11.8 Å². The van der Waals surface area contributed by atoms with Gasteiger partial charge in [-0.3, -0.25) is 0 Å². The molecule has 106 valence electrons. The van der Waals surface area contributed by atoms with Crippen molar-refractivity contribution in [3.8, 4) is 5.75 Å². The summed E-state index contributed by atoms with van der Waals surface area (Å²) in [4.78, 5) is 0. The van der Waals surface area contributed by atoms with E-state index in [1.807, 2.05) is 6.92 Å². The Bertz CT molecular complexity index is 384. The average molecular weight is 279 g/mol. The topological polar surface area (TPSA) is 21.3 Å². The molecule has 0 bridgehead atoms. The number of hydrogen-bond donors (Lipinski definition) is 1. The smallest absolute Gasteiger partial charge is 0.119 e. The molecule has 1 aromatic carbocycles. The minimum absolute atomic E-state index is 0.397. The molecule has 1 aliphatic rings. The van der Waals surface area contributed by atoms with Crippen LogP contribution in [0.3, 0.4) is 0 Å². The van der Waals surface area contributed by atoms with Gasteiger partial charge >= 0.3 is 0 Å². The van der Waals surface area contributed by atoms with Gasteiger partial charge in [0.1, 0.15) is 5.75 Å². The van der Waals surface area contributed by atoms with Crippen molar-refractivity contribution in [3.63, 3.8) is 0 Å². The minimum Gasteiger partial charge on any atom is -0.494 e. The SMILES string of the molecule is CCOc1ccc(C(C)NCC2(C)CCCS2)cc1. The van der Waals surface area contributed by atoms with Gasteiger partial charge in [0.2, 0.25) is 0 Å². The first kappa shape index (κ1) is 14.7. The van der Waals surface area contributed by atoms with Gasteiger partial charge in [-0.25, -0.2) is 0 Å². The highest BCUT2D eigenvalue weighted by Gasteiger charge is 2.29. The molecular formula is C16H25NOS. The van der Waals surface area contributed by atoms with Gasteiger partial charge in [-0.1, -0.05) is 12.1 Å². The van der Waals surface area contributed by atoms with Crippen molar-refractivity contribution in [3.05, 3.63) is 29.8 Å². The third-order valence-corrected chi connectivity index (χ3v) is 5.31. The van der Waals surface area contributed by atoms with E-state index >= 15 is 0 Å². The van der Waals surface area contributed by atoms with Crippen molar-refractivity contribution < 1.29 is 4.74 Å². The number of rotatable bonds is 6. The van der Waals surface area contributed by atoms with Crippen molar-refractivity contribution in [2.45, 2.75) is 44.4 Å². The fourth-order valence-electron chi connectivity index (χ4n) is 2.48. The molecule has 1 aromatic rings. The summed E-state index contributed by atoms with van der Waals surface area (Å²) in [5.74, 6) is 2.27. The molecule has 0 aromatic heterocycles. The van der Waals surface area contributed by atoms with Crippen LogP contribution in [0.4, 0.5) is 0 Å². The van der Waals surface area contributed by atoms with Crippen LogP contribution < -0.4 is 10.1 Å². The Morgan fingerprint density at radius 3 is 2.68 bits per heavy atom. The van der Waals surface area contributed by atoms with Gasteiger partial charge in [0, 0.05) is 17.3 Å². The predicted molar refractivity (Wildman–Crippen MR) is 84.1 cm³/mol. The van der Waals surface area contributed by atoms with Crippen molar-refractivity contribution in [1.82, 2.24) is 5.32 Å². The lowest BCUT2D eigenvalue weighted by molar-refractivity contribution is 0.340. The van der Waals surface area contributed by atoms with Crippen LogP contribution in [-0.2, 0) is 0 Å². The van der Waals surface area contributed by atoms with Crippen molar-refractivity contribution in [2.24, 2.45) is 0 Å². The van der Waals surface area contributed by atoms with E-state index < -0.39 is 0 Å². The summed E-state index contributed by atoms with van der Waals surface area (Å²) in [6.07, 6.45) is 2.70. The van der Waals surface area contributed by atoms with E-state index in [1.165, 1.54) is 24.2 Å². The Kier molecular flexibility index (Phi) is 5.17. The van der Waals surface area contributed by atoms with Crippen LogP contribution in [0.25, 0.3) is 0 Å². The summed E-state index contributed by atoms with van der Waals surface area (Å²) < 4.78 is 5.90. The summed E-state index contributed by atoms with van der Waals surface area (Å²) in [7, 11) is 0. The highest BCUT2D eigenvalue weighted by Crippen LogP contribution is 2.37. The van der Waals surface area contributed by atoms with Crippen molar-refractivity contribution in [2.75, 3.05) is 18.9 Å². The molecule has 1 fully saturated rings. The maximum Gasteiger partial charge on any atom is 0.119 e. The highest BCUT2D eigenvalue weighted by molar-refractivity contribution is 8.00. The number of nitrogens with one attached hydrogen (secondary N) is 1. The van der Waals surface area contributed by atoms with E-state index in [9.17, 15) is 0 Å². The van der Waals surface area contributed by atoms with E-state index in [4.69, 9.17) is 4.74 Å². The first-order valence-electron chi connectivity index (χ1n) is 7.23. The van der Waals surface area contributed by atoms with Gasteiger partial charge in [-0.05, 0) is 57.1 Å². The molecule has 2 atom stereocenters. The lowest BCUT2D eigenvalue weighted by atomic mass is 10.0. The normalized spacial score (nSPS) is 24.4. The highest BCUT2D eigenvalue weighted by atomic mass is 32.2.